The maximum Gasteiger partial charge on any atom is 0.357 e. The van der Waals surface area contributed by atoms with Crippen molar-refractivity contribution in [1.82, 2.24) is 4.98 Å². The van der Waals surface area contributed by atoms with E-state index in [0.717, 1.165) is 6.42 Å². The number of rotatable bonds is 7. The Labute approximate surface area is 113 Å². The summed E-state index contributed by atoms with van der Waals surface area (Å²) in [5.74, 6) is -0.398. The average molecular weight is 290 g/mol. The maximum atomic E-state index is 11.4. The minimum absolute atomic E-state index is 0.155. The van der Waals surface area contributed by atoms with Gasteiger partial charge in [-0.15, -0.1) is 11.3 Å². The van der Waals surface area contributed by atoms with E-state index in [2.05, 4.69) is 10.3 Å². The Bertz CT molecular complexity index is 420. The van der Waals surface area contributed by atoms with Gasteiger partial charge in [0.05, 0.1) is 6.61 Å². The normalized spacial score (nSPS) is 13.9. The Balaban J connectivity index is 2.40. The molecule has 0 aromatic carbocycles. The van der Waals surface area contributed by atoms with Gasteiger partial charge in [0.15, 0.2) is 10.8 Å². The van der Waals surface area contributed by atoms with Crippen molar-refractivity contribution in [1.29, 1.82) is 0 Å². The van der Waals surface area contributed by atoms with E-state index >= 15 is 0 Å². The highest BCUT2D eigenvalue weighted by Crippen LogP contribution is 2.16. The first kappa shape index (κ1) is 15.1. The summed E-state index contributed by atoms with van der Waals surface area (Å²) in [6, 6.07) is 0. The van der Waals surface area contributed by atoms with Crippen LogP contribution in [0.15, 0.2) is 5.38 Å². The molecule has 1 N–H and O–H groups in total. The molecule has 0 aliphatic rings. The van der Waals surface area contributed by atoms with Gasteiger partial charge in [0, 0.05) is 34.2 Å². The van der Waals surface area contributed by atoms with Crippen molar-refractivity contribution in [3.63, 3.8) is 0 Å². The molecule has 102 valence electrons. The molecule has 0 aliphatic heterocycles. The zero-order valence-electron chi connectivity index (χ0n) is 10.8. The summed E-state index contributed by atoms with van der Waals surface area (Å²) >= 11 is 1.36. The highest BCUT2D eigenvalue weighted by Gasteiger charge is 2.11. The second-order valence-electron chi connectivity index (χ2n) is 3.78. The number of nitrogens with zero attached hydrogens (tertiary/aromatic N) is 1. The van der Waals surface area contributed by atoms with Gasteiger partial charge in [-0.1, -0.05) is 6.92 Å². The van der Waals surface area contributed by atoms with E-state index in [9.17, 15) is 9.00 Å². The second-order valence-corrected chi connectivity index (χ2v) is 6.44. The molecule has 18 heavy (non-hydrogen) atoms. The second kappa shape index (κ2) is 7.48. The Kier molecular flexibility index (Phi) is 6.28. The van der Waals surface area contributed by atoms with E-state index in [1.807, 2.05) is 6.92 Å². The molecule has 0 spiro atoms. The van der Waals surface area contributed by atoms with E-state index in [-0.39, 0.29) is 5.25 Å². The summed E-state index contributed by atoms with van der Waals surface area (Å²) in [7, 11) is -0.804. The van der Waals surface area contributed by atoms with Gasteiger partial charge in [-0.25, -0.2) is 9.78 Å². The molecule has 0 aliphatic carbocycles. The Morgan fingerprint density at radius 2 is 2.39 bits per heavy atom. The number of hydrogen-bond donors (Lipinski definition) is 1. The lowest BCUT2D eigenvalue weighted by Gasteiger charge is -2.07. The van der Waals surface area contributed by atoms with Crippen LogP contribution in [0.2, 0.25) is 0 Å². The zero-order valence-corrected chi connectivity index (χ0v) is 12.4. The van der Waals surface area contributed by atoms with Gasteiger partial charge in [0.2, 0.25) is 0 Å². The van der Waals surface area contributed by atoms with Crippen molar-refractivity contribution in [3.8, 4) is 0 Å². The minimum atomic E-state index is -0.804. The number of anilines is 1. The maximum absolute atomic E-state index is 11.4. The van der Waals surface area contributed by atoms with Gasteiger partial charge in [-0.2, -0.15) is 0 Å². The van der Waals surface area contributed by atoms with Crippen LogP contribution in [-0.4, -0.2) is 39.8 Å². The molecule has 1 aromatic rings. The topological polar surface area (TPSA) is 68.3 Å². The summed E-state index contributed by atoms with van der Waals surface area (Å²) in [4.78, 5) is 15.5. The molecule has 2 unspecified atom stereocenters. The first-order valence-electron chi connectivity index (χ1n) is 5.73. The molecule has 7 heteroatoms. The largest absolute Gasteiger partial charge is 0.461 e. The highest BCUT2D eigenvalue weighted by atomic mass is 32.2. The Morgan fingerprint density at radius 1 is 1.67 bits per heavy atom. The molecule has 1 rings (SSSR count). The smallest absolute Gasteiger partial charge is 0.357 e. The number of aromatic nitrogens is 1. The number of nitrogens with one attached hydrogen (secondary N) is 1. The van der Waals surface area contributed by atoms with E-state index < -0.39 is 16.8 Å². The molecule has 0 amide bonds. The summed E-state index contributed by atoms with van der Waals surface area (Å²) in [6.07, 6.45) is 2.50. The number of esters is 1. The molecule has 5 nitrogen and oxygen atoms in total. The van der Waals surface area contributed by atoms with Crippen molar-refractivity contribution in [2.45, 2.75) is 25.5 Å². The molecular weight excluding hydrogens is 272 g/mol. The van der Waals surface area contributed by atoms with Gasteiger partial charge in [-0.3, -0.25) is 4.21 Å². The van der Waals surface area contributed by atoms with E-state index in [1.165, 1.54) is 11.3 Å². The lowest BCUT2D eigenvalue weighted by atomic mass is 10.3. The predicted molar refractivity (Wildman–Crippen MR) is 74.7 cm³/mol. The molecule has 0 saturated carbocycles. The van der Waals surface area contributed by atoms with Crippen LogP contribution in [0.25, 0.3) is 0 Å². The highest BCUT2D eigenvalue weighted by molar-refractivity contribution is 7.84. The summed E-state index contributed by atoms with van der Waals surface area (Å²) < 4.78 is 16.0. The van der Waals surface area contributed by atoms with Crippen LogP contribution in [0.1, 0.15) is 30.8 Å². The summed E-state index contributed by atoms with van der Waals surface area (Å²) in [5, 5.41) is 5.62. The summed E-state index contributed by atoms with van der Waals surface area (Å²) in [6.45, 7) is 4.74. The molecule has 0 saturated heterocycles. The molecule has 0 bridgehead atoms. The number of ether oxygens (including phenoxy) is 1. The van der Waals surface area contributed by atoms with Crippen molar-refractivity contribution >= 4 is 33.2 Å². The van der Waals surface area contributed by atoms with Gasteiger partial charge >= 0.3 is 5.97 Å². The van der Waals surface area contributed by atoms with Gasteiger partial charge in [0.25, 0.3) is 0 Å². The Morgan fingerprint density at radius 3 is 3.00 bits per heavy atom. The Hall–Kier alpha value is -0.950. The van der Waals surface area contributed by atoms with Crippen LogP contribution >= 0.6 is 11.3 Å². The van der Waals surface area contributed by atoms with E-state index in [0.29, 0.717) is 24.0 Å². The van der Waals surface area contributed by atoms with Crippen LogP contribution in [-0.2, 0) is 15.5 Å². The van der Waals surface area contributed by atoms with Crippen molar-refractivity contribution in [2.24, 2.45) is 0 Å². The molecule has 0 fully saturated rings. The number of carbonyl (C=O) groups is 1. The third-order valence-corrected chi connectivity index (χ3v) is 4.55. The summed E-state index contributed by atoms with van der Waals surface area (Å²) in [5.41, 5.74) is 0.330. The average Bonchev–Trinajstić information content (AvgIpc) is 2.78. The van der Waals surface area contributed by atoms with Crippen LogP contribution in [0.4, 0.5) is 5.13 Å². The third kappa shape index (κ3) is 4.73. The minimum Gasteiger partial charge on any atom is -0.461 e. The SMILES string of the molecule is CCOC(=O)c1csc(NCCC(C)S(C)=O)n1. The fraction of sp³-hybridized carbons (Fsp3) is 0.636. The molecule has 0 radical (unpaired) electrons. The number of thiazole rings is 1. The third-order valence-electron chi connectivity index (χ3n) is 2.38. The standard InChI is InChI=1S/C11H18N2O3S2/c1-4-16-10(14)9-7-17-11(13-9)12-6-5-8(2)18(3)15/h7-8H,4-6H2,1-3H3,(H,12,13). The fourth-order valence-electron chi connectivity index (χ4n) is 1.20. The van der Waals surface area contributed by atoms with Crippen LogP contribution in [0, 0.1) is 0 Å². The molecule has 2 atom stereocenters. The van der Waals surface area contributed by atoms with Gasteiger partial charge < -0.3 is 10.1 Å². The number of carbonyl (C=O) groups excluding carboxylic acids is 1. The molecular formula is C11H18N2O3S2. The van der Waals surface area contributed by atoms with Crippen molar-refractivity contribution in [2.75, 3.05) is 24.7 Å². The van der Waals surface area contributed by atoms with E-state index in [4.69, 9.17) is 4.74 Å². The van der Waals surface area contributed by atoms with Crippen LogP contribution < -0.4 is 5.32 Å². The van der Waals surface area contributed by atoms with Crippen LogP contribution in [0.5, 0.6) is 0 Å². The monoisotopic (exact) mass is 290 g/mol. The van der Waals surface area contributed by atoms with Gasteiger partial charge in [0.1, 0.15) is 0 Å². The van der Waals surface area contributed by atoms with Crippen molar-refractivity contribution in [3.05, 3.63) is 11.1 Å². The number of hydrogen-bond acceptors (Lipinski definition) is 6. The van der Waals surface area contributed by atoms with Crippen molar-refractivity contribution < 1.29 is 13.7 Å². The fourth-order valence-corrected chi connectivity index (χ4v) is 2.36. The molecule has 1 heterocycles. The quantitative estimate of drug-likeness (QED) is 0.777. The lowest BCUT2D eigenvalue weighted by Crippen LogP contribution is -2.14. The van der Waals surface area contributed by atoms with Gasteiger partial charge in [-0.05, 0) is 13.3 Å². The first-order chi connectivity index (χ1) is 8.54. The predicted octanol–water partition coefficient (Wildman–Crippen LogP) is 1.89. The molecule has 1 aromatic heterocycles. The zero-order chi connectivity index (χ0) is 13.5. The van der Waals surface area contributed by atoms with Crippen LogP contribution in [0.3, 0.4) is 0 Å². The lowest BCUT2D eigenvalue weighted by molar-refractivity contribution is 0.0520. The first-order valence-corrected chi connectivity index (χ1v) is 8.23. The van der Waals surface area contributed by atoms with E-state index in [1.54, 1.807) is 18.6 Å².